The van der Waals surface area contributed by atoms with E-state index in [1.165, 1.54) is 10.6 Å². The first-order valence-corrected chi connectivity index (χ1v) is 13.3. The average molecular weight is 488 g/mol. The fourth-order valence-electron chi connectivity index (χ4n) is 4.39. The van der Waals surface area contributed by atoms with Gasteiger partial charge in [0.25, 0.3) is 0 Å². The molecule has 3 aromatic rings. The minimum absolute atomic E-state index is 0.171. The second kappa shape index (κ2) is 9.45. The summed E-state index contributed by atoms with van der Waals surface area (Å²) in [7, 11) is -3.14. The van der Waals surface area contributed by atoms with Gasteiger partial charge in [0.1, 0.15) is 17.0 Å². The standard InChI is InChI=1S/C22H29N7O4S/c1-34(31,32)29-9-6-26(7-10-29)5-8-28-16-23-20-19(17-3-2-4-18(30)15-17)24-22(25-21(20)28)27-11-13-33-14-12-27/h2-4,15-16,30H,5-14H2,1H3. The number of phenolic OH excluding ortho intramolecular Hbond substituents is 1. The number of benzene rings is 1. The number of hydrogen-bond acceptors (Lipinski definition) is 9. The lowest BCUT2D eigenvalue weighted by Gasteiger charge is -2.33. The van der Waals surface area contributed by atoms with Gasteiger partial charge in [-0.15, -0.1) is 0 Å². The van der Waals surface area contributed by atoms with E-state index in [0.29, 0.717) is 76.2 Å². The van der Waals surface area contributed by atoms with Gasteiger partial charge in [-0.1, -0.05) is 12.1 Å². The van der Waals surface area contributed by atoms with Crippen LogP contribution < -0.4 is 4.90 Å². The van der Waals surface area contributed by atoms with Crippen molar-refractivity contribution in [3.05, 3.63) is 30.6 Å². The Hall–Kier alpha value is -2.80. The maximum atomic E-state index is 11.8. The molecule has 0 unspecified atom stereocenters. The third kappa shape index (κ3) is 4.85. The number of ether oxygens (including phenoxy) is 1. The minimum Gasteiger partial charge on any atom is -0.508 e. The molecule has 12 heteroatoms. The smallest absolute Gasteiger partial charge is 0.228 e. The van der Waals surface area contributed by atoms with Gasteiger partial charge in [-0.2, -0.15) is 9.29 Å². The molecule has 2 aliphatic heterocycles. The Labute approximate surface area is 198 Å². The third-order valence-corrected chi connectivity index (χ3v) is 7.63. The van der Waals surface area contributed by atoms with Crippen LogP contribution in [0.2, 0.25) is 0 Å². The maximum absolute atomic E-state index is 11.8. The van der Waals surface area contributed by atoms with Crippen LogP contribution in [0.25, 0.3) is 22.4 Å². The van der Waals surface area contributed by atoms with Crippen LogP contribution in [0.4, 0.5) is 5.95 Å². The van der Waals surface area contributed by atoms with E-state index in [1.54, 1.807) is 24.5 Å². The van der Waals surface area contributed by atoms with Crippen LogP contribution in [0.15, 0.2) is 30.6 Å². The number of piperazine rings is 1. The van der Waals surface area contributed by atoms with Gasteiger partial charge in [-0.3, -0.25) is 4.90 Å². The van der Waals surface area contributed by atoms with Crippen molar-refractivity contribution in [2.75, 3.05) is 70.2 Å². The summed E-state index contributed by atoms with van der Waals surface area (Å²) in [6.07, 6.45) is 3.04. The summed E-state index contributed by atoms with van der Waals surface area (Å²) in [6.45, 7) is 6.53. The van der Waals surface area contributed by atoms with Crippen molar-refractivity contribution in [3.63, 3.8) is 0 Å². The first kappa shape index (κ1) is 23.0. The van der Waals surface area contributed by atoms with E-state index in [4.69, 9.17) is 14.7 Å². The molecule has 0 aliphatic carbocycles. The number of rotatable bonds is 6. The van der Waals surface area contributed by atoms with E-state index >= 15 is 0 Å². The lowest BCUT2D eigenvalue weighted by atomic mass is 10.1. The summed E-state index contributed by atoms with van der Waals surface area (Å²) in [6, 6.07) is 7.02. The number of imidazole rings is 1. The zero-order valence-corrected chi connectivity index (χ0v) is 20.0. The Morgan fingerprint density at radius 3 is 2.50 bits per heavy atom. The van der Waals surface area contributed by atoms with Crippen LogP contribution in [0.3, 0.4) is 0 Å². The topological polar surface area (TPSA) is 117 Å². The number of nitrogens with zero attached hydrogens (tertiary/aromatic N) is 7. The second-order valence-electron chi connectivity index (χ2n) is 8.64. The fourth-order valence-corrected chi connectivity index (χ4v) is 5.22. The second-order valence-corrected chi connectivity index (χ2v) is 10.6. The SMILES string of the molecule is CS(=O)(=O)N1CCN(CCn2cnc3c(-c4cccc(O)c4)nc(N4CCOCC4)nc32)CC1. The first-order chi connectivity index (χ1) is 16.4. The van der Waals surface area contributed by atoms with Gasteiger partial charge in [0.2, 0.25) is 16.0 Å². The number of hydrogen-bond donors (Lipinski definition) is 1. The highest BCUT2D eigenvalue weighted by Gasteiger charge is 2.24. The number of phenols is 1. The van der Waals surface area contributed by atoms with Crippen molar-refractivity contribution in [3.8, 4) is 17.0 Å². The molecule has 1 aromatic carbocycles. The van der Waals surface area contributed by atoms with Crippen molar-refractivity contribution >= 4 is 27.1 Å². The summed E-state index contributed by atoms with van der Waals surface area (Å²) in [5.74, 6) is 0.794. The van der Waals surface area contributed by atoms with Gasteiger partial charge >= 0.3 is 0 Å². The monoisotopic (exact) mass is 487 g/mol. The summed E-state index contributed by atoms with van der Waals surface area (Å²) < 4.78 is 32.6. The van der Waals surface area contributed by atoms with Crippen molar-refractivity contribution in [1.82, 2.24) is 28.7 Å². The fraction of sp³-hybridized carbons (Fsp3) is 0.500. The number of sulfonamides is 1. The lowest BCUT2D eigenvalue weighted by molar-refractivity contribution is 0.122. The molecular formula is C22H29N7O4S. The highest BCUT2D eigenvalue weighted by atomic mass is 32.2. The highest BCUT2D eigenvalue weighted by molar-refractivity contribution is 7.88. The highest BCUT2D eigenvalue weighted by Crippen LogP contribution is 2.29. The predicted molar refractivity (Wildman–Crippen MR) is 128 cm³/mol. The Bertz CT molecular complexity index is 1270. The van der Waals surface area contributed by atoms with Gasteiger partial charge in [0.15, 0.2) is 5.65 Å². The zero-order chi connectivity index (χ0) is 23.7. The van der Waals surface area contributed by atoms with Crippen LogP contribution in [0, 0.1) is 0 Å². The quantitative estimate of drug-likeness (QED) is 0.534. The minimum atomic E-state index is -3.14. The Kier molecular flexibility index (Phi) is 6.38. The predicted octanol–water partition coefficient (Wildman–Crippen LogP) is 0.613. The molecule has 2 aliphatic rings. The molecular weight excluding hydrogens is 458 g/mol. The largest absolute Gasteiger partial charge is 0.508 e. The number of aromatic hydroxyl groups is 1. The number of anilines is 1. The number of fused-ring (bicyclic) bond motifs is 1. The molecule has 5 rings (SSSR count). The van der Waals surface area contributed by atoms with Gasteiger partial charge in [-0.25, -0.2) is 18.4 Å². The Morgan fingerprint density at radius 2 is 1.79 bits per heavy atom. The lowest BCUT2D eigenvalue weighted by Crippen LogP contribution is -2.48. The van der Waals surface area contributed by atoms with Crippen molar-refractivity contribution in [2.45, 2.75) is 6.54 Å². The molecule has 2 saturated heterocycles. The van der Waals surface area contributed by atoms with Crippen LogP contribution in [0.1, 0.15) is 0 Å². The summed E-state index contributed by atoms with van der Waals surface area (Å²) >= 11 is 0. The summed E-state index contributed by atoms with van der Waals surface area (Å²) in [5.41, 5.74) is 2.89. The normalized spacial score (nSPS) is 18.6. The maximum Gasteiger partial charge on any atom is 0.228 e. The molecule has 4 heterocycles. The van der Waals surface area contributed by atoms with Crippen LogP contribution >= 0.6 is 0 Å². The van der Waals surface area contributed by atoms with Crippen LogP contribution in [-0.2, 0) is 21.3 Å². The van der Waals surface area contributed by atoms with E-state index in [-0.39, 0.29) is 5.75 Å². The Balaban J connectivity index is 1.42. The summed E-state index contributed by atoms with van der Waals surface area (Å²) in [5, 5.41) is 10.0. The van der Waals surface area contributed by atoms with E-state index in [0.717, 1.165) is 17.8 Å². The van der Waals surface area contributed by atoms with Gasteiger partial charge in [0.05, 0.1) is 25.8 Å². The van der Waals surface area contributed by atoms with Crippen LogP contribution in [-0.4, -0.2) is 108 Å². The third-order valence-electron chi connectivity index (χ3n) is 6.32. The molecule has 34 heavy (non-hydrogen) atoms. The van der Waals surface area contributed by atoms with Gasteiger partial charge in [-0.05, 0) is 12.1 Å². The van der Waals surface area contributed by atoms with Crippen molar-refractivity contribution in [1.29, 1.82) is 0 Å². The molecule has 0 amide bonds. The first-order valence-electron chi connectivity index (χ1n) is 11.4. The molecule has 11 nitrogen and oxygen atoms in total. The molecule has 182 valence electrons. The van der Waals surface area contributed by atoms with Gasteiger partial charge < -0.3 is 19.3 Å². The molecule has 1 N–H and O–H groups in total. The molecule has 0 atom stereocenters. The van der Waals surface area contributed by atoms with E-state index < -0.39 is 10.0 Å². The van der Waals surface area contributed by atoms with Gasteiger partial charge in [0, 0.05) is 57.9 Å². The van der Waals surface area contributed by atoms with Crippen molar-refractivity contribution < 1.29 is 18.3 Å². The van der Waals surface area contributed by atoms with E-state index in [2.05, 4.69) is 14.8 Å². The zero-order valence-electron chi connectivity index (χ0n) is 19.2. The molecule has 0 bridgehead atoms. The Morgan fingerprint density at radius 1 is 1.03 bits per heavy atom. The summed E-state index contributed by atoms with van der Waals surface area (Å²) in [4.78, 5) is 18.7. The number of morpholine rings is 1. The van der Waals surface area contributed by atoms with E-state index in [1.807, 2.05) is 10.6 Å². The molecule has 0 radical (unpaired) electrons. The molecule has 0 saturated carbocycles. The van der Waals surface area contributed by atoms with Crippen LogP contribution in [0.5, 0.6) is 5.75 Å². The average Bonchev–Trinajstić information content (AvgIpc) is 3.25. The molecule has 2 aromatic heterocycles. The molecule has 2 fully saturated rings. The molecule has 0 spiro atoms. The van der Waals surface area contributed by atoms with Crippen molar-refractivity contribution in [2.24, 2.45) is 0 Å². The van der Waals surface area contributed by atoms with E-state index in [9.17, 15) is 13.5 Å². The number of aromatic nitrogens is 4.